The van der Waals surface area contributed by atoms with Gasteiger partial charge in [-0.25, -0.2) is 4.98 Å². The number of halogens is 1. The highest BCUT2D eigenvalue weighted by atomic mass is 35.5. The number of nitrogens with one attached hydrogen (secondary N) is 3. The first-order valence-corrected chi connectivity index (χ1v) is 12.5. The molecule has 4 bridgehead atoms. The van der Waals surface area contributed by atoms with Crippen LogP contribution in [-0.4, -0.2) is 40.6 Å². The Kier molecular flexibility index (Phi) is 5.68. The van der Waals surface area contributed by atoms with Crippen molar-refractivity contribution in [2.75, 3.05) is 19.0 Å². The Morgan fingerprint density at radius 1 is 1.19 bits per heavy atom. The lowest BCUT2D eigenvalue weighted by molar-refractivity contribution is 0.0939. The van der Waals surface area contributed by atoms with Crippen LogP contribution in [0.15, 0.2) is 42.6 Å². The Balaban J connectivity index is 1.62. The summed E-state index contributed by atoms with van der Waals surface area (Å²) in [6.45, 7) is 2.65. The largest absolute Gasteiger partial charge is 0.493 e. The predicted molar refractivity (Wildman–Crippen MR) is 140 cm³/mol. The SMILES string of the molecule is COc1c(Cl)cccc1Nc1c2[nH]c3c1C(=O)NC[C@@H]3CCC[C@H](C)Oc1ccc3nccc-2c3n1. The molecular weight excluding hydrogens is 478 g/mol. The quantitative estimate of drug-likeness (QED) is 0.326. The highest BCUT2D eigenvalue weighted by molar-refractivity contribution is 6.32. The smallest absolute Gasteiger partial charge is 0.255 e. The molecule has 1 amide bonds. The van der Waals surface area contributed by atoms with Crippen molar-refractivity contribution in [2.24, 2.45) is 0 Å². The molecule has 0 aliphatic carbocycles. The third-order valence-corrected chi connectivity index (χ3v) is 7.21. The summed E-state index contributed by atoms with van der Waals surface area (Å²) in [5.41, 5.74) is 5.85. The van der Waals surface area contributed by atoms with Gasteiger partial charge in [0.1, 0.15) is 5.52 Å². The monoisotopic (exact) mass is 503 g/mol. The number of hydrogen-bond acceptors (Lipinski definition) is 6. The fourth-order valence-corrected chi connectivity index (χ4v) is 5.43. The van der Waals surface area contributed by atoms with Crippen LogP contribution in [0.1, 0.15) is 48.2 Å². The lowest BCUT2D eigenvalue weighted by Gasteiger charge is -2.24. The molecule has 36 heavy (non-hydrogen) atoms. The standard InChI is InChI=1S/C27H26ClN5O3/c1-14-5-3-6-15-13-30-27(34)21-22(15)33-24(25(21)31-19-8-4-7-17(28)26(19)35-2)16-11-12-29-18-9-10-20(36-14)32-23(16)18/h4,7-12,14-15,31,33H,3,5-6,13H2,1-2H3,(H,30,34)/t14-,15-/m0/s1. The van der Waals surface area contributed by atoms with E-state index < -0.39 is 0 Å². The highest BCUT2D eigenvalue weighted by Crippen LogP contribution is 2.44. The summed E-state index contributed by atoms with van der Waals surface area (Å²) in [6.07, 6.45) is 4.54. The molecule has 5 heterocycles. The Bertz CT molecular complexity index is 1480. The first kappa shape index (κ1) is 22.7. The van der Waals surface area contributed by atoms with E-state index in [0.29, 0.717) is 45.7 Å². The van der Waals surface area contributed by atoms with Crippen molar-refractivity contribution in [3.05, 3.63) is 58.9 Å². The number of anilines is 2. The average molecular weight is 504 g/mol. The van der Waals surface area contributed by atoms with Crippen LogP contribution in [0.25, 0.3) is 22.3 Å². The highest BCUT2D eigenvalue weighted by Gasteiger charge is 2.33. The molecule has 3 aromatic heterocycles. The van der Waals surface area contributed by atoms with Gasteiger partial charge in [0.05, 0.1) is 46.4 Å². The van der Waals surface area contributed by atoms with Gasteiger partial charge in [0, 0.05) is 36.0 Å². The minimum atomic E-state index is -0.122. The number of carbonyl (C=O) groups excluding carboxylic acids is 1. The maximum atomic E-state index is 13.3. The molecule has 0 radical (unpaired) electrons. The van der Waals surface area contributed by atoms with Crippen molar-refractivity contribution in [1.29, 1.82) is 0 Å². The number of para-hydroxylation sites is 1. The maximum absolute atomic E-state index is 13.3. The fraction of sp³-hybridized carbons (Fsp3) is 0.296. The van der Waals surface area contributed by atoms with Gasteiger partial charge in [-0.05, 0) is 50.5 Å². The molecule has 9 heteroatoms. The molecule has 3 N–H and O–H groups in total. The van der Waals surface area contributed by atoms with Crippen molar-refractivity contribution in [2.45, 2.75) is 38.2 Å². The molecule has 0 saturated carbocycles. The van der Waals surface area contributed by atoms with Crippen LogP contribution >= 0.6 is 11.6 Å². The predicted octanol–water partition coefficient (Wildman–Crippen LogP) is 5.81. The fourth-order valence-electron chi connectivity index (χ4n) is 5.18. The Morgan fingerprint density at radius 3 is 2.94 bits per heavy atom. The van der Waals surface area contributed by atoms with Crippen LogP contribution in [0.4, 0.5) is 11.4 Å². The summed E-state index contributed by atoms with van der Waals surface area (Å²) in [6, 6.07) is 11.2. The second kappa shape index (κ2) is 9.02. The molecule has 0 saturated heterocycles. The van der Waals surface area contributed by atoms with E-state index in [1.165, 1.54) is 0 Å². The number of aromatic nitrogens is 3. The number of methoxy groups -OCH3 is 1. The number of rotatable bonds is 3. The lowest BCUT2D eigenvalue weighted by atomic mass is 9.91. The Labute approximate surface area is 213 Å². The minimum Gasteiger partial charge on any atom is -0.493 e. The van der Waals surface area contributed by atoms with E-state index >= 15 is 0 Å². The van der Waals surface area contributed by atoms with Gasteiger partial charge in [0.2, 0.25) is 5.88 Å². The number of ether oxygens (including phenoxy) is 2. The second-order valence-corrected chi connectivity index (χ2v) is 9.66. The van der Waals surface area contributed by atoms with Crippen molar-refractivity contribution < 1.29 is 14.3 Å². The molecule has 0 fully saturated rings. The van der Waals surface area contributed by atoms with Crippen molar-refractivity contribution >= 4 is 39.9 Å². The number of carbonyl (C=O) groups is 1. The first-order chi connectivity index (χ1) is 17.5. The van der Waals surface area contributed by atoms with Gasteiger partial charge in [0.15, 0.2) is 5.75 Å². The zero-order valence-corrected chi connectivity index (χ0v) is 20.8. The molecule has 4 aromatic rings. The van der Waals surface area contributed by atoms with Gasteiger partial charge in [-0.2, -0.15) is 0 Å². The van der Waals surface area contributed by atoms with E-state index in [1.807, 2.05) is 30.3 Å². The number of hydrogen-bond donors (Lipinski definition) is 3. The van der Waals surface area contributed by atoms with Gasteiger partial charge in [-0.3, -0.25) is 9.78 Å². The Hall–Kier alpha value is -3.78. The van der Waals surface area contributed by atoms with Crippen molar-refractivity contribution in [3.8, 4) is 22.9 Å². The van der Waals surface area contributed by atoms with E-state index in [9.17, 15) is 4.79 Å². The van der Waals surface area contributed by atoms with E-state index in [2.05, 4.69) is 27.5 Å². The zero-order chi connectivity index (χ0) is 24.8. The number of fused-ring (bicyclic) bond motifs is 3. The van der Waals surface area contributed by atoms with E-state index in [1.54, 1.807) is 19.4 Å². The third kappa shape index (κ3) is 3.82. The summed E-state index contributed by atoms with van der Waals surface area (Å²) >= 11 is 6.41. The molecule has 2 atom stereocenters. The van der Waals surface area contributed by atoms with Gasteiger partial charge in [-0.15, -0.1) is 0 Å². The van der Waals surface area contributed by atoms with Crippen LogP contribution in [0.5, 0.6) is 11.6 Å². The molecule has 2 aliphatic heterocycles. The normalized spacial score (nSPS) is 19.0. The van der Waals surface area contributed by atoms with Gasteiger partial charge in [-0.1, -0.05) is 17.7 Å². The summed E-state index contributed by atoms with van der Waals surface area (Å²) in [4.78, 5) is 26.2. The summed E-state index contributed by atoms with van der Waals surface area (Å²) < 4.78 is 11.7. The number of pyridine rings is 2. The molecule has 6 rings (SSSR count). The molecule has 2 aliphatic rings. The van der Waals surface area contributed by atoms with Crippen LogP contribution in [0.2, 0.25) is 5.02 Å². The van der Waals surface area contributed by atoms with Crippen LogP contribution in [0.3, 0.4) is 0 Å². The third-order valence-electron chi connectivity index (χ3n) is 6.92. The molecule has 1 aromatic carbocycles. The number of benzene rings is 1. The van der Waals surface area contributed by atoms with Crippen LogP contribution < -0.4 is 20.1 Å². The van der Waals surface area contributed by atoms with Crippen LogP contribution in [-0.2, 0) is 0 Å². The zero-order valence-electron chi connectivity index (χ0n) is 20.0. The van der Waals surface area contributed by atoms with E-state index in [-0.39, 0.29) is 17.9 Å². The molecule has 8 nitrogen and oxygen atoms in total. The lowest BCUT2D eigenvalue weighted by Crippen LogP contribution is -2.35. The summed E-state index contributed by atoms with van der Waals surface area (Å²) in [5.74, 6) is 1.09. The van der Waals surface area contributed by atoms with Gasteiger partial charge < -0.3 is 25.1 Å². The number of aromatic amines is 1. The Morgan fingerprint density at radius 2 is 2.08 bits per heavy atom. The summed E-state index contributed by atoms with van der Waals surface area (Å²) in [5, 5.41) is 7.03. The average Bonchev–Trinajstić information content (AvgIpc) is 3.25. The summed E-state index contributed by atoms with van der Waals surface area (Å²) in [7, 11) is 1.57. The minimum absolute atomic E-state index is 0.0272. The number of H-pyrrole nitrogens is 1. The number of nitrogens with zero attached hydrogens (tertiary/aromatic N) is 2. The number of amides is 1. The van der Waals surface area contributed by atoms with Crippen molar-refractivity contribution in [3.63, 3.8) is 0 Å². The first-order valence-electron chi connectivity index (χ1n) is 12.1. The second-order valence-electron chi connectivity index (χ2n) is 9.25. The van der Waals surface area contributed by atoms with Gasteiger partial charge in [0.25, 0.3) is 5.91 Å². The van der Waals surface area contributed by atoms with Gasteiger partial charge >= 0.3 is 0 Å². The molecule has 0 unspecified atom stereocenters. The molecule has 0 spiro atoms. The molecule has 184 valence electrons. The maximum Gasteiger partial charge on any atom is 0.255 e. The van der Waals surface area contributed by atoms with E-state index in [0.717, 1.165) is 41.7 Å². The van der Waals surface area contributed by atoms with Crippen LogP contribution in [0, 0.1) is 0 Å². The van der Waals surface area contributed by atoms with E-state index in [4.69, 9.17) is 26.1 Å². The topological polar surface area (TPSA) is 101 Å². The molecular formula is C27H26ClN5O3. The van der Waals surface area contributed by atoms with Crippen molar-refractivity contribution in [1.82, 2.24) is 20.3 Å².